The topological polar surface area (TPSA) is 92.7 Å². The molecule has 2 N–H and O–H groups in total. The molecule has 0 bridgehead atoms. The van der Waals surface area contributed by atoms with Crippen LogP contribution in [0.25, 0.3) is 0 Å². The summed E-state index contributed by atoms with van der Waals surface area (Å²) in [5, 5.41) is 12.4. The molecule has 2 saturated carbocycles. The summed E-state index contributed by atoms with van der Waals surface area (Å²) >= 11 is 13.5. The Balaban J connectivity index is 1.89. The van der Waals surface area contributed by atoms with Crippen LogP contribution in [0.3, 0.4) is 0 Å². The zero-order valence-corrected chi connectivity index (χ0v) is 19.3. The highest BCUT2D eigenvalue weighted by molar-refractivity contribution is 6.30. The molecule has 168 valence electrons. The molecule has 1 aliphatic heterocycles. The first-order chi connectivity index (χ1) is 13.9. The number of allylic oxidation sites excluding steroid dienone is 1. The van der Waals surface area contributed by atoms with Gasteiger partial charge in [-0.25, -0.2) is 0 Å². The molecular weight excluding hydrogens is 429 g/mol. The third-order valence-electron chi connectivity index (χ3n) is 7.75. The maximum Gasteiger partial charge on any atom is 0.302 e. The van der Waals surface area contributed by atoms with Crippen molar-refractivity contribution in [1.29, 1.82) is 0 Å². The van der Waals surface area contributed by atoms with Crippen molar-refractivity contribution in [1.82, 2.24) is 5.32 Å². The number of alkyl halides is 2. The number of hydrogen-bond acceptors (Lipinski definition) is 5. The number of ether oxygens (including phenoxy) is 1. The molecule has 30 heavy (non-hydrogen) atoms. The minimum atomic E-state index is -0.948. The smallest absolute Gasteiger partial charge is 0.302 e. The zero-order valence-electron chi connectivity index (χ0n) is 17.7. The summed E-state index contributed by atoms with van der Waals surface area (Å²) in [6.45, 7) is 10.00. The van der Waals surface area contributed by atoms with Gasteiger partial charge in [-0.15, -0.1) is 23.2 Å². The molecule has 6 nitrogen and oxygen atoms in total. The molecule has 3 aliphatic rings. The molecular formula is C22H31Cl2NO5. The minimum absolute atomic E-state index is 0.00535. The van der Waals surface area contributed by atoms with Crippen LogP contribution in [-0.2, 0) is 19.1 Å². The summed E-state index contributed by atoms with van der Waals surface area (Å²) in [6, 6.07) is 0. The van der Waals surface area contributed by atoms with Crippen molar-refractivity contribution in [3.8, 4) is 0 Å². The average molecular weight is 460 g/mol. The molecule has 0 spiro atoms. The van der Waals surface area contributed by atoms with E-state index in [0.717, 1.165) is 18.4 Å². The molecule has 2 amide bonds. The number of aliphatic hydroxyl groups excluding tert-OH is 1. The lowest BCUT2D eigenvalue weighted by Crippen LogP contribution is -2.60. The normalized spacial score (nSPS) is 42.5. The van der Waals surface area contributed by atoms with Crippen LogP contribution in [0.15, 0.2) is 12.2 Å². The first kappa shape index (κ1) is 23.6. The molecule has 8 heteroatoms. The fourth-order valence-electron chi connectivity index (χ4n) is 6.20. The molecule has 8 atom stereocenters. The van der Waals surface area contributed by atoms with Crippen LogP contribution in [0.1, 0.15) is 52.9 Å². The molecule has 0 aromatic carbocycles. The van der Waals surface area contributed by atoms with Gasteiger partial charge in [0.25, 0.3) is 0 Å². The van der Waals surface area contributed by atoms with Gasteiger partial charge >= 0.3 is 5.97 Å². The Morgan fingerprint density at radius 2 is 2.03 bits per heavy atom. The van der Waals surface area contributed by atoms with Crippen molar-refractivity contribution in [3.05, 3.63) is 12.2 Å². The van der Waals surface area contributed by atoms with Crippen molar-refractivity contribution < 1.29 is 24.2 Å². The Morgan fingerprint density at radius 3 is 2.60 bits per heavy atom. The van der Waals surface area contributed by atoms with E-state index in [-0.39, 0.29) is 52.9 Å². The summed E-state index contributed by atoms with van der Waals surface area (Å²) in [7, 11) is 0. The lowest BCUT2D eigenvalue weighted by molar-refractivity contribution is -0.152. The Morgan fingerprint density at radius 1 is 1.37 bits per heavy atom. The van der Waals surface area contributed by atoms with Crippen LogP contribution in [-0.4, -0.2) is 46.4 Å². The molecule has 3 rings (SSSR count). The fourth-order valence-corrected chi connectivity index (χ4v) is 7.13. The van der Waals surface area contributed by atoms with Gasteiger partial charge in [-0.3, -0.25) is 19.7 Å². The van der Waals surface area contributed by atoms with Crippen LogP contribution in [0, 0.1) is 28.6 Å². The Kier molecular flexibility index (Phi) is 6.62. The van der Waals surface area contributed by atoms with Crippen LogP contribution in [0.4, 0.5) is 0 Å². The van der Waals surface area contributed by atoms with Crippen LogP contribution < -0.4 is 5.32 Å². The van der Waals surface area contributed by atoms with E-state index in [0.29, 0.717) is 12.8 Å². The second-order valence-corrected chi connectivity index (χ2v) is 10.8. The predicted molar refractivity (Wildman–Crippen MR) is 114 cm³/mol. The molecule has 2 aliphatic carbocycles. The van der Waals surface area contributed by atoms with Gasteiger partial charge in [-0.05, 0) is 42.9 Å². The highest BCUT2D eigenvalue weighted by Gasteiger charge is 2.61. The number of esters is 1. The van der Waals surface area contributed by atoms with Gasteiger partial charge in [0.05, 0.1) is 29.4 Å². The number of fused-ring (bicyclic) bond motifs is 1. The van der Waals surface area contributed by atoms with Crippen LogP contribution in [0.2, 0.25) is 0 Å². The molecule has 1 saturated heterocycles. The van der Waals surface area contributed by atoms with E-state index in [1.807, 2.05) is 6.92 Å². The Labute approximate surface area is 187 Å². The number of hydrogen-bond donors (Lipinski definition) is 2. The SMILES string of the molecule is C=C1CC[C@@H]2[C@](C)(C[C@@H](Cl)[C@H](Cl)[C@@]2(C)COC(C)=O)[C@H]1C[C@H](O)[C@H]1CC(=O)NC1=O. The number of nitrogens with one attached hydrogen (secondary N) is 1. The van der Waals surface area contributed by atoms with Gasteiger partial charge < -0.3 is 9.84 Å². The van der Waals surface area contributed by atoms with Gasteiger partial charge in [-0.2, -0.15) is 0 Å². The van der Waals surface area contributed by atoms with E-state index in [2.05, 4.69) is 18.8 Å². The lowest BCUT2D eigenvalue weighted by atomic mass is 9.46. The number of halogens is 2. The van der Waals surface area contributed by atoms with Crippen molar-refractivity contribution in [2.75, 3.05) is 6.61 Å². The molecule has 0 aromatic heterocycles. The number of aliphatic hydroxyl groups is 1. The predicted octanol–water partition coefficient (Wildman–Crippen LogP) is 3.18. The van der Waals surface area contributed by atoms with Gasteiger partial charge in [-0.1, -0.05) is 26.0 Å². The van der Waals surface area contributed by atoms with Gasteiger partial charge in [0, 0.05) is 18.8 Å². The Hall–Kier alpha value is -1.11. The van der Waals surface area contributed by atoms with E-state index in [1.165, 1.54) is 6.92 Å². The third kappa shape index (κ3) is 4.03. The summed E-state index contributed by atoms with van der Waals surface area (Å²) < 4.78 is 5.40. The van der Waals surface area contributed by atoms with Gasteiger partial charge in [0.1, 0.15) is 0 Å². The quantitative estimate of drug-likeness (QED) is 0.285. The Bertz CT molecular complexity index is 758. The molecule has 3 fully saturated rings. The number of amides is 2. The number of carbonyl (C=O) groups is 3. The average Bonchev–Trinajstić information content (AvgIpc) is 2.99. The van der Waals surface area contributed by atoms with E-state index in [4.69, 9.17) is 27.9 Å². The fraction of sp³-hybridized carbons (Fsp3) is 0.773. The summed E-state index contributed by atoms with van der Waals surface area (Å²) in [4.78, 5) is 35.1. The maximum absolute atomic E-state index is 12.1. The monoisotopic (exact) mass is 459 g/mol. The second kappa shape index (κ2) is 8.44. The lowest BCUT2D eigenvalue weighted by Gasteiger charge is -2.61. The highest BCUT2D eigenvalue weighted by Crippen LogP contribution is 2.63. The van der Waals surface area contributed by atoms with Crippen molar-refractivity contribution in [2.24, 2.45) is 28.6 Å². The highest BCUT2D eigenvalue weighted by atomic mass is 35.5. The molecule has 0 radical (unpaired) electrons. The number of imide groups is 1. The molecule has 0 unspecified atom stereocenters. The van der Waals surface area contributed by atoms with Gasteiger partial charge in [0.2, 0.25) is 11.8 Å². The van der Waals surface area contributed by atoms with Crippen LogP contribution in [0.5, 0.6) is 0 Å². The van der Waals surface area contributed by atoms with E-state index in [9.17, 15) is 19.5 Å². The van der Waals surface area contributed by atoms with E-state index >= 15 is 0 Å². The number of carbonyl (C=O) groups excluding carboxylic acids is 3. The second-order valence-electron chi connectivity index (χ2n) is 9.74. The zero-order chi connectivity index (χ0) is 22.4. The molecule has 1 heterocycles. The van der Waals surface area contributed by atoms with Crippen LogP contribution >= 0.6 is 23.2 Å². The molecule has 0 aromatic rings. The third-order valence-corrected chi connectivity index (χ3v) is 9.09. The largest absolute Gasteiger partial charge is 0.465 e. The maximum atomic E-state index is 12.1. The minimum Gasteiger partial charge on any atom is -0.465 e. The van der Waals surface area contributed by atoms with E-state index < -0.39 is 23.3 Å². The summed E-state index contributed by atoms with van der Waals surface area (Å²) in [6.07, 6.45) is 1.63. The van der Waals surface area contributed by atoms with E-state index in [1.54, 1.807) is 0 Å². The van der Waals surface area contributed by atoms with Gasteiger partial charge in [0.15, 0.2) is 0 Å². The standard InChI is InChI=1S/C22H31Cl2NO5/c1-11-5-6-17-21(3,9-15(23)19(24)22(17,4)10-30-12(2)26)14(11)8-16(27)13-7-18(28)25-20(13)29/h13-17,19,27H,1,5-10H2,2-4H3,(H,25,28,29)/t13-,14+,15-,16+,17-,19+,21-,22+/m1/s1. The number of rotatable bonds is 5. The summed E-state index contributed by atoms with van der Waals surface area (Å²) in [5.74, 6) is -1.86. The van der Waals surface area contributed by atoms with Crippen molar-refractivity contribution >= 4 is 41.0 Å². The first-order valence-electron chi connectivity index (χ1n) is 10.5. The van der Waals surface area contributed by atoms with Crippen molar-refractivity contribution in [2.45, 2.75) is 69.7 Å². The van der Waals surface area contributed by atoms with Crippen molar-refractivity contribution in [3.63, 3.8) is 0 Å². The summed E-state index contributed by atoms with van der Waals surface area (Å²) in [5.41, 5.74) is 0.156. The first-order valence-corrected chi connectivity index (χ1v) is 11.4.